The molecule has 0 aliphatic rings. The molecule has 0 spiro atoms. The lowest BCUT2D eigenvalue weighted by Crippen LogP contribution is -2.13. The Kier molecular flexibility index (Phi) is 5.46. The normalized spacial score (nSPS) is 11.3. The number of benzene rings is 2. The molecule has 1 aromatic heterocycles. The first-order valence-corrected chi connectivity index (χ1v) is 8.92. The number of rotatable bonds is 5. The van der Waals surface area contributed by atoms with E-state index in [-0.39, 0.29) is 5.56 Å². The molecule has 3 aromatic rings. The van der Waals surface area contributed by atoms with Crippen LogP contribution in [-0.2, 0) is 6.18 Å². The number of ether oxygens (including phenoxy) is 1. The number of hydrogen-bond acceptors (Lipinski definition) is 4. The van der Waals surface area contributed by atoms with E-state index in [2.05, 4.69) is 10.3 Å². The molecular formula is C19H15F3N2O2S. The minimum Gasteiger partial charge on any atom is -0.494 e. The van der Waals surface area contributed by atoms with Crippen molar-refractivity contribution in [3.8, 4) is 17.0 Å². The van der Waals surface area contributed by atoms with Crippen molar-refractivity contribution >= 4 is 22.4 Å². The number of anilines is 1. The summed E-state index contributed by atoms with van der Waals surface area (Å²) in [4.78, 5) is 16.5. The molecule has 27 heavy (non-hydrogen) atoms. The number of nitrogens with zero attached hydrogens (tertiary/aromatic N) is 1. The zero-order chi connectivity index (χ0) is 19.4. The second kappa shape index (κ2) is 7.79. The van der Waals surface area contributed by atoms with Gasteiger partial charge < -0.3 is 4.74 Å². The van der Waals surface area contributed by atoms with Crippen molar-refractivity contribution in [2.45, 2.75) is 13.1 Å². The van der Waals surface area contributed by atoms with Crippen molar-refractivity contribution in [3.05, 3.63) is 65.0 Å². The molecule has 1 heterocycles. The maximum atomic E-state index is 12.8. The third-order valence-electron chi connectivity index (χ3n) is 3.64. The Hall–Kier alpha value is -2.87. The van der Waals surface area contributed by atoms with Crippen LogP contribution in [0.1, 0.15) is 22.8 Å². The molecule has 140 valence electrons. The van der Waals surface area contributed by atoms with Crippen LogP contribution in [0, 0.1) is 0 Å². The van der Waals surface area contributed by atoms with Gasteiger partial charge in [0.05, 0.1) is 17.9 Å². The first kappa shape index (κ1) is 18.9. The van der Waals surface area contributed by atoms with Crippen molar-refractivity contribution in [3.63, 3.8) is 0 Å². The number of carbonyl (C=O) groups is 1. The molecule has 0 aliphatic carbocycles. The van der Waals surface area contributed by atoms with Crippen LogP contribution >= 0.6 is 11.3 Å². The number of nitrogens with one attached hydrogen (secondary N) is 1. The van der Waals surface area contributed by atoms with Crippen LogP contribution < -0.4 is 10.1 Å². The third-order valence-corrected chi connectivity index (χ3v) is 4.40. The summed E-state index contributed by atoms with van der Waals surface area (Å²) < 4.78 is 43.7. The first-order chi connectivity index (χ1) is 12.9. The van der Waals surface area contributed by atoms with Gasteiger partial charge in [0, 0.05) is 16.5 Å². The summed E-state index contributed by atoms with van der Waals surface area (Å²) in [6, 6.07) is 11.6. The van der Waals surface area contributed by atoms with E-state index >= 15 is 0 Å². The molecule has 4 nitrogen and oxygen atoms in total. The van der Waals surface area contributed by atoms with Gasteiger partial charge in [-0.15, -0.1) is 11.3 Å². The lowest BCUT2D eigenvalue weighted by atomic mass is 10.1. The Balaban J connectivity index is 1.73. The summed E-state index contributed by atoms with van der Waals surface area (Å²) in [5, 5.41) is 4.60. The summed E-state index contributed by atoms with van der Waals surface area (Å²) in [6.07, 6.45) is -4.50. The minimum atomic E-state index is -4.50. The van der Waals surface area contributed by atoms with Gasteiger partial charge in [0.25, 0.3) is 5.91 Å². The van der Waals surface area contributed by atoms with Gasteiger partial charge >= 0.3 is 6.18 Å². The van der Waals surface area contributed by atoms with E-state index in [0.29, 0.717) is 17.4 Å². The third kappa shape index (κ3) is 4.65. The Morgan fingerprint density at radius 3 is 2.59 bits per heavy atom. The monoisotopic (exact) mass is 392 g/mol. The summed E-state index contributed by atoms with van der Waals surface area (Å²) in [7, 11) is 0. The van der Waals surface area contributed by atoms with Gasteiger partial charge in [0.1, 0.15) is 5.75 Å². The van der Waals surface area contributed by atoms with Crippen LogP contribution in [-0.4, -0.2) is 17.5 Å². The van der Waals surface area contributed by atoms with E-state index in [4.69, 9.17) is 4.74 Å². The van der Waals surface area contributed by atoms with Crippen LogP contribution in [0.5, 0.6) is 5.75 Å². The fraction of sp³-hybridized carbons (Fsp3) is 0.158. The average Bonchev–Trinajstić information content (AvgIpc) is 3.10. The van der Waals surface area contributed by atoms with E-state index in [1.165, 1.54) is 23.5 Å². The molecule has 0 saturated heterocycles. The number of halogens is 3. The number of hydrogen-bond donors (Lipinski definition) is 1. The lowest BCUT2D eigenvalue weighted by Gasteiger charge is -2.08. The largest absolute Gasteiger partial charge is 0.494 e. The maximum absolute atomic E-state index is 12.8. The molecule has 8 heteroatoms. The molecule has 0 aliphatic heterocycles. The van der Waals surface area contributed by atoms with Gasteiger partial charge in [-0.2, -0.15) is 13.2 Å². The summed E-state index contributed by atoms with van der Waals surface area (Å²) in [5.74, 6) is 0.100. The number of carbonyl (C=O) groups excluding carboxylic acids is 1. The van der Waals surface area contributed by atoms with Crippen molar-refractivity contribution in [2.75, 3.05) is 11.9 Å². The summed E-state index contributed by atoms with van der Waals surface area (Å²) >= 11 is 1.20. The summed E-state index contributed by atoms with van der Waals surface area (Å²) in [6.45, 7) is 2.47. The van der Waals surface area contributed by atoms with Crippen LogP contribution in [0.2, 0.25) is 0 Å². The molecular weight excluding hydrogens is 377 g/mol. The van der Waals surface area contributed by atoms with E-state index in [0.717, 1.165) is 23.4 Å². The molecule has 0 radical (unpaired) electrons. The summed E-state index contributed by atoms with van der Waals surface area (Å²) in [5.41, 5.74) is 0.545. The predicted octanol–water partition coefficient (Wildman–Crippen LogP) is 5.48. The van der Waals surface area contributed by atoms with Gasteiger partial charge in [0.15, 0.2) is 5.13 Å². The van der Waals surface area contributed by atoms with Crippen LogP contribution in [0.4, 0.5) is 18.3 Å². The fourth-order valence-electron chi connectivity index (χ4n) is 2.36. The SMILES string of the molecule is CCOc1ccc(-c2csc(NC(=O)c3cccc(C(F)(F)F)c3)n2)cc1. The highest BCUT2D eigenvalue weighted by molar-refractivity contribution is 7.14. The fourth-order valence-corrected chi connectivity index (χ4v) is 3.07. The smallest absolute Gasteiger partial charge is 0.416 e. The zero-order valence-corrected chi connectivity index (χ0v) is 15.0. The van der Waals surface area contributed by atoms with Crippen molar-refractivity contribution in [1.82, 2.24) is 4.98 Å². The average molecular weight is 392 g/mol. The molecule has 0 saturated carbocycles. The quantitative estimate of drug-likeness (QED) is 0.626. The Morgan fingerprint density at radius 2 is 1.93 bits per heavy atom. The highest BCUT2D eigenvalue weighted by atomic mass is 32.1. The second-order valence-corrected chi connectivity index (χ2v) is 6.39. The number of amides is 1. The Morgan fingerprint density at radius 1 is 1.19 bits per heavy atom. The van der Waals surface area contributed by atoms with E-state index in [1.807, 2.05) is 31.2 Å². The zero-order valence-electron chi connectivity index (χ0n) is 14.2. The molecule has 0 fully saturated rings. The highest BCUT2D eigenvalue weighted by Gasteiger charge is 2.30. The van der Waals surface area contributed by atoms with E-state index < -0.39 is 17.6 Å². The first-order valence-electron chi connectivity index (χ1n) is 8.04. The second-order valence-electron chi connectivity index (χ2n) is 5.53. The molecule has 0 unspecified atom stereocenters. The predicted molar refractivity (Wildman–Crippen MR) is 98.1 cm³/mol. The topological polar surface area (TPSA) is 51.2 Å². The molecule has 0 bridgehead atoms. The van der Waals surface area contributed by atoms with Crippen LogP contribution in [0.15, 0.2) is 53.9 Å². The molecule has 2 aromatic carbocycles. The molecule has 1 amide bonds. The lowest BCUT2D eigenvalue weighted by molar-refractivity contribution is -0.137. The van der Waals surface area contributed by atoms with Gasteiger partial charge in [-0.05, 0) is 49.4 Å². The van der Waals surface area contributed by atoms with E-state index in [9.17, 15) is 18.0 Å². The van der Waals surface area contributed by atoms with Crippen molar-refractivity contribution < 1.29 is 22.7 Å². The van der Waals surface area contributed by atoms with Gasteiger partial charge in [-0.1, -0.05) is 6.07 Å². The van der Waals surface area contributed by atoms with E-state index in [1.54, 1.807) is 5.38 Å². The van der Waals surface area contributed by atoms with Crippen LogP contribution in [0.3, 0.4) is 0 Å². The van der Waals surface area contributed by atoms with Crippen molar-refractivity contribution in [2.24, 2.45) is 0 Å². The van der Waals surface area contributed by atoms with Gasteiger partial charge in [-0.25, -0.2) is 4.98 Å². The Labute approximate surface area is 157 Å². The minimum absolute atomic E-state index is 0.0809. The molecule has 3 rings (SSSR count). The Bertz CT molecular complexity index is 937. The van der Waals surface area contributed by atoms with Gasteiger partial charge in [-0.3, -0.25) is 10.1 Å². The number of alkyl halides is 3. The number of aromatic nitrogens is 1. The van der Waals surface area contributed by atoms with Crippen LogP contribution in [0.25, 0.3) is 11.3 Å². The standard InChI is InChI=1S/C19H15F3N2O2S/c1-2-26-15-8-6-12(7-9-15)16-11-27-18(23-16)24-17(25)13-4-3-5-14(10-13)19(20,21)22/h3-11H,2H2,1H3,(H,23,24,25). The number of thiazole rings is 1. The van der Waals surface area contributed by atoms with Crippen molar-refractivity contribution in [1.29, 1.82) is 0 Å². The molecule has 0 atom stereocenters. The highest BCUT2D eigenvalue weighted by Crippen LogP contribution is 2.30. The van der Waals surface area contributed by atoms with Gasteiger partial charge in [0.2, 0.25) is 0 Å². The maximum Gasteiger partial charge on any atom is 0.416 e. The molecule has 1 N–H and O–H groups in total.